The van der Waals surface area contributed by atoms with Crippen molar-refractivity contribution in [1.29, 1.82) is 0 Å². The molecule has 4 aromatic rings. The first-order valence-corrected chi connectivity index (χ1v) is 9.77. The molecule has 0 bridgehead atoms. The summed E-state index contributed by atoms with van der Waals surface area (Å²) in [4.78, 5) is 9.40. The van der Waals surface area contributed by atoms with Gasteiger partial charge >= 0.3 is 0 Å². The monoisotopic (exact) mass is 388 g/mol. The lowest BCUT2D eigenvalue weighted by atomic mass is 10.1. The predicted molar refractivity (Wildman–Crippen MR) is 114 cm³/mol. The molecule has 148 valence electrons. The summed E-state index contributed by atoms with van der Waals surface area (Å²) in [5.74, 6) is 2.78. The Bertz CT molecular complexity index is 1120. The third-order valence-corrected chi connectivity index (χ3v) is 4.76. The van der Waals surface area contributed by atoms with Crippen molar-refractivity contribution in [3.63, 3.8) is 0 Å². The van der Waals surface area contributed by atoms with Crippen molar-refractivity contribution in [2.24, 2.45) is 0 Å². The fourth-order valence-corrected chi connectivity index (χ4v) is 3.21. The minimum Gasteiger partial charge on any atom is -0.497 e. The third-order valence-electron chi connectivity index (χ3n) is 4.76. The Balaban J connectivity index is 1.70. The SMILES string of the molecule is CCCc1nc(-c2cc3cc(C)ccc3nc2NCc2ccc(OC)cc2)no1. The molecule has 0 saturated carbocycles. The summed E-state index contributed by atoms with van der Waals surface area (Å²) in [6, 6.07) is 16.3. The van der Waals surface area contributed by atoms with Crippen LogP contribution in [0.3, 0.4) is 0 Å². The molecule has 0 radical (unpaired) electrons. The number of ether oxygens (including phenoxy) is 1. The van der Waals surface area contributed by atoms with Gasteiger partial charge in [-0.1, -0.05) is 35.8 Å². The number of pyridine rings is 1. The van der Waals surface area contributed by atoms with E-state index < -0.39 is 0 Å². The van der Waals surface area contributed by atoms with Gasteiger partial charge in [0.1, 0.15) is 11.6 Å². The fourth-order valence-electron chi connectivity index (χ4n) is 3.21. The van der Waals surface area contributed by atoms with Crippen LogP contribution in [0.2, 0.25) is 0 Å². The zero-order valence-corrected chi connectivity index (χ0v) is 16.9. The molecule has 0 saturated heterocycles. The highest BCUT2D eigenvalue weighted by atomic mass is 16.5. The number of benzene rings is 2. The van der Waals surface area contributed by atoms with Crippen LogP contribution in [0, 0.1) is 6.92 Å². The molecular weight excluding hydrogens is 364 g/mol. The van der Waals surface area contributed by atoms with Gasteiger partial charge in [0.25, 0.3) is 0 Å². The standard InChI is InChI=1S/C23H24N4O2/c1-4-5-21-26-23(27-29-21)19-13-17-12-15(2)6-11-20(17)25-22(19)24-14-16-7-9-18(28-3)10-8-16/h6-13H,4-5,14H2,1-3H3,(H,24,25). The van der Waals surface area contributed by atoms with Crippen LogP contribution in [0.5, 0.6) is 5.75 Å². The van der Waals surface area contributed by atoms with E-state index in [1.807, 2.05) is 30.3 Å². The highest BCUT2D eigenvalue weighted by molar-refractivity contribution is 5.88. The van der Waals surface area contributed by atoms with Gasteiger partial charge in [0.05, 0.1) is 18.2 Å². The first kappa shape index (κ1) is 18.9. The zero-order chi connectivity index (χ0) is 20.2. The maximum atomic E-state index is 5.41. The Kier molecular flexibility index (Phi) is 5.42. The highest BCUT2D eigenvalue weighted by Gasteiger charge is 2.15. The van der Waals surface area contributed by atoms with Crippen molar-refractivity contribution in [2.45, 2.75) is 33.2 Å². The second-order valence-electron chi connectivity index (χ2n) is 7.04. The summed E-state index contributed by atoms with van der Waals surface area (Å²) >= 11 is 0. The zero-order valence-electron chi connectivity index (χ0n) is 16.9. The highest BCUT2D eigenvalue weighted by Crippen LogP contribution is 2.29. The van der Waals surface area contributed by atoms with E-state index in [-0.39, 0.29) is 0 Å². The van der Waals surface area contributed by atoms with E-state index in [9.17, 15) is 0 Å². The number of anilines is 1. The van der Waals surface area contributed by atoms with Gasteiger partial charge in [-0.25, -0.2) is 4.98 Å². The molecule has 0 unspecified atom stereocenters. The molecule has 6 heteroatoms. The molecule has 2 aromatic carbocycles. The lowest BCUT2D eigenvalue weighted by Crippen LogP contribution is -2.04. The number of hydrogen-bond acceptors (Lipinski definition) is 6. The average molecular weight is 388 g/mol. The van der Waals surface area contributed by atoms with Crippen LogP contribution >= 0.6 is 0 Å². The molecule has 0 aliphatic heterocycles. The molecular formula is C23H24N4O2. The van der Waals surface area contributed by atoms with Crippen LogP contribution in [-0.2, 0) is 13.0 Å². The Morgan fingerprint density at radius 2 is 1.86 bits per heavy atom. The summed E-state index contributed by atoms with van der Waals surface area (Å²) in [7, 11) is 1.66. The minimum absolute atomic E-state index is 0.557. The van der Waals surface area contributed by atoms with Crippen molar-refractivity contribution in [3.8, 4) is 17.1 Å². The third kappa shape index (κ3) is 4.21. The van der Waals surface area contributed by atoms with Crippen LogP contribution in [-0.4, -0.2) is 22.2 Å². The van der Waals surface area contributed by atoms with Crippen molar-refractivity contribution >= 4 is 16.7 Å². The van der Waals surface area contributed by atoms with E-state index in [1.54, 1.807) is 7.11 Å². The second kappa shape index (κ2) is 8.31. The van der Waals surface area contributed by atoms with Gasteiger partial charge in [0.2, 0.25) is 11.7 Å². The van der Waals surface area contributed by atoms with E-state index >= 15 is 0 Å². The molecule has 1 N–H and O–H groups in total. The summed E-state index contributed by atoms with van der Waals surface area (Å²) in [6.45, 7) is 4.79. The molecule has 2 heterocycles. The van der Waals surface area contributed by atoms with E-state index in [0.717, 1.165) is 46.4 Å². The van der Waals surface area contributed by atoms with Gasteiger partial charge in [-0.3, -0.25) is 0 Å². The van der Waals surface area contributed by atoms with E-state index in [0.29, 0.717) is 18.3 Å². The molecule has 0 fully saturated rings. The number of aromatic nitrogens is 3. The van der Waals surface area contributed by atoms with Crippen LogP contribution in [0.25, 0.3) is 22.3 Å². The van der Waals surface area contributed by atoms with Crippen molar-refractivity contribution < 1.29 is 9.26 Å². The molecule has 0 amide bonds. The molecule has 6 nitrogen and oxygen atoms in total. The number of nitrogens with one attached hydrogen (secondary N) is 1. The van der Waals surface area contributed by atoms with Crippen LogP contribution in [0.1, 0.15) is 30.4 Å². The maximum Gasteiger partial charge on any atom is 0.226 e. The van der Waals surface area contributed by atoms with Crippen LogP contribution in [0.4, 0.5) is 5.82 Å². The first-order chi connectivity index (χ1) is 14.2. The van der Waals surface area contributed by atoms with Gasteiger partial charge in [-0.2, -0.15) is 4.98 Å². The molecule has 29 heavy (non-hydrogen) atoms. The van der Waals surface area contributed by atoms with Gasteiger partial charge < -0.3 is 14.6 Å². The quantitative estimate of drug-likeness (QED) is 0.471. The summed E-state index contributed by atoms with van der Waals surface area (Å²) in [5, 5.41) is 8.68. The van der Waals surface area contributed by atoms with Gasteiger partial charge in [-0.05, 0) is 49.2 Å². The first-order valence-electron chi connectivity index (χ1n) is 9.77. The molecule has 4 rings (SSSR count). The van der Waals surface area contributed by atoms with E-state index in [4.69, 9.17) is 14.2 Å². The number of rotatable bonds is 7. The minimum atomic E-state index is 0.557. The molecule has 2 aromatic heterocycles. The number of aryl methyl sites for hydroxylation is 2. The van der Waals surface area contributed by atoms with Crippen molar-refractivity contribution in [2.75, 3.05) is 12.4 Å². The Morgan fingerprint density at radius 1 is 1.03 bits per heavy atom. The molecule has 0 atom stereocenters. The number of hydrogen-bond donors (Lipinski definition) is 1. The lowest BCUT2D eigenvalue weighted by molar-refractivity contribution is 0.378. The Hall–Kier alpha value is -3.41. The number of fused-ring (bicyclic) bond motifs is 1. The Labute approximate surface area is 169 Å². The molecule has 0 aliphatic rings. The largest absolute Gasteiger partial charge is 0.497 e. The predicted octanol–water partition coefficient (Wildman–Crippen LogP) is 5.17. The molecule has 0 spiro atoms. The maximum absolute atomic E-state index is 5.41. The summed E-state index contributed by atoms with van der Waals surface area (Å²) < 4.78 is 10.6. The van der Waals surface area contributed by atoms with Gasteiger partial charge in [-0.15, -0.1) is 0 Å². The van der Waals surface area contributed by atoms with Crippen LogP contribution in [0.15, 0.2) is 53.1 Å². The topological polar surface area (TPSA) is 73.1 Å². The normalized spacial score (nSPS) is 11.0. The van der Waals surface area contributed by atoms with Gasteiger partial charge in [0, 0.05) is 18.4 Å². The van der Waals surface area contributed by atoms with Gasteiger partial charge in [0.15, 0.2) is 0 Å². The van der Waals surface area contributed by atoms with Crippen LogP contribution < -0.4 is 10.1 Å². The smallest absolute Gasteiger partial charge is 0.226 e. The lowest BCUT2D eigenvalue weighted by Gasteiger charge is -2.11. The van der Waals surface area contributed by atoms with Crippen molar-refractivity contribution in [1.82, 2.24) is 15.1 Å². The Morgan fingerprint density at radius 3 is 2.62 bits per heavy atom. The summed E-state index contributed by atoms with van der Waals surface area (Å²) in [6.07, 6.45) is 1.72. The van der Waals surface area contributed by atoms with Crippen molar-refractivity contribution in [3.05, 3.63) is 65.5 Å². The molecule has 0 aliphatic carbocycles. The number of nitrogens with zero attached hydrogens (tertiary/aromatic N) is 3. The second-order valence-corrected chi connectivity index (χ2v) is 7.04. The van der Waals surface area contributed by atoms with E-state index in [2.05, 4.69) is 47.5 Å². The average Bonchev–Trinajstić information content (AvgIpc) is 3.20. The number of methoxy groups -OCH3 is 1. The fraction of sp³-hybridized carbons (Fsp3) is 0.261. The van der Waals surface area contributed by atoms with E-state index in [1.165, 1.54) is 5.56 Å². The summed E-state index contributed by atoms with van der Waals surface area (Å²) in [5.41, 5.74) is 4.07.